The minimum absolute atomic E-state index is 0.657. The van der Waals surface area contributed by atoms with Crippen LogP contribution in [-0.2, 0) is 0 Å². The highest BCUT2D eigenvalue weighted by Crippen LogP contribution is 2.50. The van der Waals surface area contributed by atoms with Gasteiger partial charge in [0.25, 0.3) is 0 Å². The molecule has 2 nitrogen and oxygen atoms in total. The van der Waals surface area contributed by atoms with Crippen LogP contribution in [0.1, 0.15) is 176 Å². The van der Waals surface area contributed by atoms with Gasteiger partial charge in [0.05, 0.1) is 0 Å². The monoisotopic (exact) mass is 977 g/mol. The zero-order chi connectivity index (χ0) is 50.4. The molecule has 0 saturated heterocycles. The maximum Gasteiger partial charge on any atom is 0.143 e. The van der Waals surface area contributed by atoms with Gasteiger partial charge in [-0.25, -0.2) is 0 Å². The van der Waals surface area contributed by atoms with Crippen LogP contribution in [0.25, 0.3) is 77.6 Å². The number of rotatable bonds is 13. The van der Waals surface area contributed by atoms with Gasteiger partial charge in [-0.1, -0.05) is 198 Å². The zero-order valence-electron chi connectivity index (χ0n) is 45.0. The smallest absolute Gasteiger partial charge is 0.143 e. The standard InChI is InChI=1S/C56H56O2.C16H24/c1-3-11-37-17-21-39(22-18-37)41-25-29-45(30-26-41)55-51(43-13-7-5-8-14-43)53-47-34-36-50-54(48(47)33-35-49(53)57-55)52(44-15-9-6-10-16-44)56(58-50)46-31-27-42(28-32-46)40-23-19-38(12-4-2)20-24-40;1-3-4-14-7-11-16(12-8-14)15-9-5-13(2)6-10-15/h5-10,13-16,25-40H,3-4,11-12,17-24H2,1-2H3;5-6,9-10,14,16H,3-4,7-8,11-12H2,1-2H3. The first kappa shape index (κ1) is 50.1. The fourth-order valence-electron chi connectivity index (χ4n) is 14.0. The Kier molecular flexibility index (Phi) is 15.7. The van der Waals surface area contributed by atoms with E-state index in [4.69, 9.17) is 8.83 Å². The summed E-state index contributed by atoms with van der Waals surface area (Å²) in [5.41, 5.74) is 14.6. The van der Waals surface area contributed by atoms with Crippen molar-refractivity contribution >= 4 is 32.7 Å². The van der Waals surface area contributed by atoms with E-state index in [1.165, 1.54) is 143 Å². The summed E-state index contributed by atoms with van der Waals surface area (Å²) in [6, 6.07) is 58.4. The summed E-state index contributed by atoms with van der Waals surface area (Å²) in [4.78, 5) is 0. The second kappa shape index (κ2) is 23.2. The van der Waals surface area contributed by atoms with Crippen LogP contribution in [0.5, 0.6) is 0 Å². The van der Waals surface area contributed by atoms with Gasteiger partial charge in [-0.3, -0.25) is 0 Å². The van der Waals surface area contributed by atoms with Crippen molar-refractivity contribution < 1.29 is 8.83 Å². The minimum atomic E-state index is 0.657. The van der Waals surface area contributed by atoms with E-state index in [2.05, 4.69) is 185 Å². The lowest BCUT2D eigenvalue weighted by molar-refractivity contribution is 0.308. The molecule has 2 heterocycles. The Hall–Kier alpha value is -6.12. The maximum absolute atomic E-state index is 6.93. The average molecular weight is 977 g/mol. The van der Waals surface area contributed by atoms with Gasteiger partial charge in [-0.05, 0) is 182 Å². The molecule has 3 fully saturated rings. The third kappa shape index (κ3) is 10.7. The van der Waals surface area contributed by atoms with E-state index in [0.29, 0.717) is 11.8 Å². The molecule has 0 atom stereocenters. The Labute approximate surface area is 443 Å². The van der Waals surface area contributed by atoms with Gasteiger partial charge in [-0.2, -0.15) is 0 Å². The molecule has 9 aromatic rings. The molecule has 0 spiro atoms. The third-order valence-electron chi connectivity index (χ3n) is 18.1. The fourth-order valence-corrected chi connectivity index (χ4v) is 14.0. The predicted octanol–water partition coefficient (Wildman–Crippen LogP) is 22.2. The van der Waals surface area contributed by atoms with E-state index >= 15 is 0 Å². The molecule has 0 radical (unpaired) electrons. The van der Waals surface area contributed by atoms with E-state index in [9.17, 15) is 0 Å². The molecule has 2 heteroatoms. The van der Waals surface area contributed by atoms with Crippen molar-refractivity contribution in [2.45, 2.75) is 161 Å². The van der Waals surface area contributed by atoms with Crippen molar-refractivity contribution in [2.75, 3.05) is 0 Å². The van der Waals surface area contributed by atoms with E-state index in [-0.39, 0.29) is 0 Å². The lowest BCUT2D eigenvalue weighted by Crippen LogP contribution is -2.13. The Morgan fingerprint density at radius 2 is 0.662 bits per heavy atom. The number of fused-ring (bicyclic) bond motifs is 5. The Morgan fingerprint density at radius 1 is 0.338 bits per heavy atom. The molecular formula is C72H80O2. The van der Waals surface area contributed by atoms with Crippen LogP contribution in [0.2, 0.25) is 0 Å². The van der Waals surface area contributed by atoms with Crippen LogP contribution in [0, 0.1) is 24.7 Å². The highest BCUT2D eigenvalue weighted by atomic mass is 16.3. The van der Waals surface area contributed by atoms with Gasteiger partial charge in [0.2, 0.25) is 0 Å². The molecule has 0 N–H and O–H groups in total. The van der Waals surface area contributed by atoms with Crippen LogP contribution in [0.4, 0.5) is 0 Å². The zero-order valence-corrected chi connectivity index (χ0v) is 45.0. The quantitative estimate of drug-likeness (QED) is 0.115. The average Bonchev–Trinajstić information content (AvgIpc) is 4.05. The van der Waals surface area contributed by atoms with Gasteiger partial charge in [0.15, 0.2) is 0 Å². The number of hydrogen-bond donors (Lipinski definition) is 0. The van der Waals surface area contributed by atoms with E-state index in [1.54, 1.807) is 5.56 Å². The summed E-state index contributed by atoms with van der Waals surface area (Å²) in [6.07, 6.45) is 24.5. The van der Waals surface area contributed by atoms with Gasteiger partial charge in [0.1, 0.15) is 22.7 Å². The highest BCUT2D eigenvalue weighted by Gasteiger charge is 2.28. The lowest BCUT2D eigenvalue weighted by Gasteiger charge is -2.28. The number of aryl methyl sites for hydroxylation is 1. The Morgan fingerprint density at radius 3 is 0.986 bits per heavy atom. The van der Waals surface area contributed by atoms with Crippen LogP contribution >= 0.6 is 0 Å². The van der Waals surface area contributed by atoms with Gasteiger partial charge < -0.3 is 8.83 Å². The Balaban J connectivity index is 0.000000314. The molecule has 3 aliphatic rings. The molecule has 7 aromatic carbocycles. The van der Waals surface area contributed by atoms with Crippen LogP contribution < -0.4 is 0 Å². The molecule has 2 aromatic heterocycles. The van der Waals surface area contributed by atoms with Gasteiger partial charge in [0, 0.05) is 33.0 Å². The fraction of sp³-hybridized carbons (Fsp3) is 0.389. The molecule has 380 valence electrons. The molecule has 74 heavy (non-hydrogen) atoms. The summed E-state index contributed by atoms with van der Waals surface area (Å²) in [6.45, 7) is 9.13. The van der Waals surface area contributed by atoms with Crippen molar-refractivity contribution in [3.63, 3.8) is 0 Å². The summed E-state index contributed by atoms with van der Waals surface area (Å²) >= 11 is 0. The van der Waals surface area contributed by atoms with Crippen molar-refractivity contribution in [2.24, 2.45) is 17.8 Å². The third-order valence-corrected chi connectivity index (χ3v) is 18.1. The van der Waals surface area contributed by atoms with Crippen molar-refractivity contribution in [3.05, 3.63) is 180 Å². The molecule has 3 aliphatic carbocycles. The SMILES string of the molecule is CCCC1CCC(c2ccc(-c3oc4ccc5c(ccc6oc(-c7ccc(C8CCC(CCC)CC8)cc7)c(-c7ccccc7)c65)c4c3-c3ccccc3)cc2)CC1.CCCC1CCC(c2ccc(C)cc2)CC1. The second-order valence-corrected chi connectivity index (χ2v) is 23.0. The van der Waals surface area contributed by atoms with Crippen LogP contribution in [-0.4, -0.2) is 0 Å². The van der Waals surface area contributed by atoms with Gasteiger partial charge >= 0.3 is 0 Å². The second-order valence-electron chi connectivity index (χ2n) is 23.0. The van der Waals surface area contributed by atoms with Gasteiger partial charge in [-0.15, -0.1) is 0 Å². The maximum atomic E-state index is 6.93. The van der Waals surface area contributed by atoms with Crippen molar-refractivity contribution in [3.8, 4) is 44.9 Å². The normalized spacial score (nSPS) is 21.2. The van der Waals surface area contributed by atoms with E-state index in [1.807, 2.05) is 0 Å². The van der Waals surface area contributed by atoms with Crippen molar-refractivity contribution in [1.29, 1.82) is 0 Å². The first-order valence-electron chi connectivity index (χ1n) is 29.3. The molecule has 0 bridgehead atoms. The minimum Gasteiger partial charge on any atom is -0.455 e. The summed E-state index contributed by atoms with van der Waals surface area (Å²) < 4.78 is 13.9. The molecule has 0 amide bonds. The lowest BCUT2D eigenvalue weighted by atomic mass is 9.77. The molecule has 12 rings (SSSR count). The summed E-state index contributed by atoms with van der Waals surface area (Å²) in [7, 11) is 0. The van der Waals surface area contributed by atoms with Crippen molar-refractivity contribution in [1.82, 2.24) is 0 Å². The predicted molar refractivity (Wildman–Crippen MR) is 315 cm³/mol. The molecule has 3 saturated carbocycles. The molecule has 0 aliphatic heterocycles. The molecule has 0 unspecified atom stereocenters. The van der Waals surface area contributed by atoms with Crippen LogP contribution in [0.3, 0.4) is 0 Å². The number of hydrogen-bond acceptors (Lipinski definition) is 2. The first-order chi connectivity index (χ1) is 36.5. The van der Waals surface area contributed by atoms with Crippen LogP contribution in [0.15, 0.2) is 167 Å². The Bertz CT molecular complexity index is 3010. The largest absolute Gasteiger partial charge is 0.455 e. The summed E-state index contributed by atoms with van der Waals surface area (Å²) in [5, 5.41) is 4.66. The number of furan rings is 2. The van der Waals surface area contributed by atoms with E-state index < -0.39 is 0 Å². The molecular weight excluding hydrogens is 897 g/mol. The first-order valence-corrected chi connectivity index (χ1v) is 29.3. The summed E-state index contributed by atoms with van der Waals surface area (Å²) in [5.74, 6) is 6.86. The van der Waals surface area contributed by atoms with E-state index in [0.717, 1.165) is 90.5 Å². The number of benzene rings is 7. The highest BCUT2D eigenvalue weighted by molar-refractivity contribution is 6.24. The topological polar surface area (TPSA) is 26.3 Å².